The number of halogens is 1. The zero-order valence-corrected chi connectivity index (χ0v) is 13.0. The molecule has 0 bridgehead atoms. The summed E-state index contributed by atoms with van der Waals surface area (Å²) in [5, 5.41) is 5.71. The number of benzene rings is 1. The maximum atomic E-state index is 13.0. The highest BCUT2D eigenvalue weighted by Gasteiger charge is 2.26. The number of hydrogen-bond donors (Lipinski definition) is 2. The normalized spacial score (nSPS) is 12.1. The van der Waals surface area contributed by atoms with Crippen LogP contribution in [-0.4, -0.2) is 11.6 Å². The maximum Gasteiger partial charge on any atom is 0.315 e. The van der Waals surface area contributed by atoms with Crippen molar-refractivity contribution in [3.8, 4) is 0 Å². The average Bonchev–Trinajstić information content (AvgIpc) is 2.22. The van der Waals surface area contributed by atoms with Gasteiger partial charge < -0.3 is 10.6 Å². The number of rotatable bonds is 4. The van der Waals surface area contributed by atoms with Crippen LogP contribution in [0.1, 0.15) is 46.6 Å². The maximum absolute atomic E-state index is 13.0. The Hall–Kier alpha value is -1.58. The minimum absolute atomic E-state index is 0.138. The van der Waals surface area contributed by atoms with Crippen molar-refractivity contribution in [2.45, 2.75) is 53.1 Å². The molecule has 2 N–H and O–H groups in total. The fraction of sp³-hybridized carbons (Fsp3) is 0.562. The second kappa shape index (κ2) is 6.25. The Labute approximate surface area is 121 Å². The van der Waals surface area contributed by atoms with E-state index in [1.165, 1.54) is 12.1 Å². The summed E-state index contributed by atoms with van der Waals surface area (Å²) >= 11 is 0. The molecule has 0 fully saturated rings. The molecule has 0 saturated carbocycles. The molecule has 1 rings (SSSR count). The lowest BCUT2D eigenvalue weighted by Crippen LogP contribution is -2.49. The average molecular weight is 280 g/mol. The summed E-state index contributed by atoms with van der Waals surface area (Å²) in [6.45, 7) is 10.7. The summed E-state index contributed by atoms with van der Waals surface area (Å²) < 4.78 is 13.0. The number of carbonyl (C=O) groups is 1. The first-order valence-corrected chi connectivity index (χ1v) is 6.88. The summed E-state index contributed by atoms with van der Waals surface area (Å²) in [6, 6.07) is 5.98. The van der Waals surface area contributed by atoms with Gasteiger partial charge in [0.15, 0.2) is 0 Å². The SMILES string of the molecule is CC(C)(C)CC(C)(C)NC(=O)NCc1cccc(F)c1. The molecule has 0 aliphatic heterocycles. The first-order valence-electron chi connectivity index (χ1n) is 6.88. The van der Waals surface area contributed by atoms with Crippen LogP contribution in [0.2, 0.25) is 0 Å². The van der Waals surface area contributed by atoms with Crippen molar-refractivity contribution in [2.75, 3.05) is 0 Å². The Morgan fingerprint density at radius 2 is 1.85 bits per heavy atom. The lowest BCUT2D eigenvalue weighted by Gasteiger charge is -2.33. The van der Waals surface area contributed by atoms with E-state index in [4.69, 9.17) is 0 Å². The summed E-state index contributed by atoms with van der Waals surface area (Å²) in [6.07, 6.45) is 0.868. The van der Waals surface area contributed by atoms with Crippen molar-refractivity contribution in [3.63, 3.8) is 0 Å². The third kappa shape index (κ3) is 6.55. The molecule has 3 nitrogen and oxygen atoms in total. The zero-order valence-electron chi connectivity index (χ0n) is 13.0. The number of carbonyl (C=O) groups excluding carboxylic acids is 1. The number of hydrogen-bond acceptors (Lipinski definition) is 1. The molecule has 0 atom stereocenters. The first-order chi connectivity index (χ1) is 9.07. The third-order valence-electron chi connectivity index (χ3n) is 2.77. The van der Waals surface area contributed by atoms with Gasteiger partial charge in [-0.25, -0.2) is 9.18 Å². The van der Waals surface area contributed by atoms with E-state index in [1.54, 1.807) is 12.1 Å². The van der Waals surface area contributed by atoms with Gasteiger partial charge in [-0.15, -0.1) is 0 Å². The third-order valence-corrected chi connectivity index (χ3v) is 2.77. The van der Waals surface area contributed by atoms with Gasteiger partial charge in [-0.2, -0.15) is 0 Å². The van der Waals surface area contributed by atoms with Crippen LogP contribution >= 0.6 is 0 Å². The van der Waals surface area contributed by atoms with E-state index in [0.29, 0.717) is 6.54 Å². The topological polar surface area (TPSA) is 41.1 Å². The monoisotopic (exact) mass is 280 g/mol. The Kier molecular flexibility index (Phi) is 5.15. The lowest BCUT2D eigenvalue weighted by atomic mass is 9.82. The molecule has 1 aromatic rings. The van der Waals surface area contributed by atoms with Crippen molar-refractivity contribution >= 4 is 6.03 Å². The Morgan fingerprint density at radius 3 is 2.40 bits per heavy atom. The van der Waals surface area contributed by atoms with Crippen LogP contribution in [0.5, 0.6) is 0 Å². The van der Waals surface area contributed by atoms with E-state index in [2.05, 4.69) is 31.4 Å². The van der Waals surface area contributed by atoms with Crippen LogP contribution < -0.4 is 10.6 Å². The van der Waals surface area contributed by atoms with E-state index in [9.17, 15) is 9.18 Å². The van der Waals surface area contributed by atoms with Gasteiger partial charge in [0.25, 0.3) is 0 Å². The second-order valence-corrected chi connectivity index (χ2v) is 7.06. The van der Waals surface area contributed by atoms with Crippen LogP contribution in [0.3, 0.4) is 0 Å². The van der Waals surface area contributed by atoms with Gasteiger partial charge in [-0.1, -0.05) is 32.9 Å². The quantitative estimate of drug-likeness (QED) is 0.864. The van der Waals surface area contributed by atoms with Crippen LogP contribution in [0.15, 0.2) is 24.3 Å². The molecule has 4 heteroatoms. The van der Waals surface area contributed by atoms with E-state index in [-0.39, 0.29) is 22.8 Å². The summed E-state index contributed by atoms with van der Waals surface area (Å²) in [7, 11) is 0. The summed E-state index contributed by atoms with van der Waals surface area (Å²) in [5.41, 5.74) is 0.595. The molecule has 0 heterocycles. The van der Waals surface area contributed by atoms with E-state index < -0.39 is 0 Å². The molecule has 0 aliphatic carbocycles. The number of nitrogens with one attached hydrogen (secondary N) is 2. The predicted octanol–water partition coefficient (Wildman–Crippen LogP) is 3.84. The van der Waals surface area contributed by atoms with Gasteiger partial charge in [0.2, 0.25) is 0 Å². The van der Waals surface area contributed by atoms with Crippen LogP contribution in [-0.2, 0) is 6.54 Å². The van der Waals surface area contributed by atoms with E-state index in [0.717, 1.165) is 12.0 Å². The molecule has 2 amide bonds. The summed E-state index contributed by atoms with van der Waals surface area (Å²) in [4.78, 5) is 11.9. The van der Waals surface area contributed by atoms with Crippen molar-refractivity contribution in [3.05, 3.63) is 35.6 Å². The van der Waals surface area contributed by atoms with E-state index >= 15 is 0 Å². The molecule has 1 aromatic carbocycles. The Bertz CT molecular complexity index is 464. The molecule has 0 aromatic heterocycles. The van der Waals surface area contributed by atoms with Gasteiger partial charge in [0.1, 0.15) is 5.82 Å². The van der Waals surface area contributed by atoms with Crippen LogP contribution in [0.4, 0.5) is 9.18 Å². The molecule has 0 radical (unpaired) electrons. The molecule has 0 aliphatic rings. The molecule has 20 heavy (non-hydrogen) atoms. The minimum atomic E-state index is -0.294. The molecule has 0 spiro atoms. The van der Waals surface area contributed by atoms with E-state index in [1.807, 2.05) is 13.8 Å². The smallest absolute Gasteiger partial charge is 0.315 e. The first kappa shape index (κ1) is 16.5. The molecular weight excluding hydrogens is 255 g/mol. The number of urea groups is 1. The summed E-state index contributed by atoms with van der Waals surface area (Å²) in [5.74, 6) is -0.294. The Morgan fingerprint density at radius 1 is 1.20 bits per heavy atom. The number of amides is 2. The van der Waals surface area contributed by atoms with Gasteiger partial charge in [-0.05, 0) is 43.4 Å². The highest BCUT2D eigenvalue weighted by Crippen LogP contribution is 2.26. The highest BCUT2D eigenvalue weighted by molar-refractivity contribution is 5.74. The van der Waals surface area contributed by atoms with Gasteiger partial charge in [-0.3, -0.25) is 0 Å². The highest BCUT2D eigenvalue weighted by atomic mass is 19.1. The standard InChI is InChI=1S/C16H25FN2O/c1-15(2,3)11-16(4,5)19-14(20)18-10-12-7-6-8-13(17)9-12/h6-9H,10-11H2,1-5H3,(H2,18,19,20). The fourth-order valence-corrected chi connectivity index (χ4v) is 2.55. The minimum Gasteiger partial charge on any atom is -0.334 e. The zero-order chi connectivity index (χ0) is 15.4. The van der Waals surface area contributed by atoms with Crippen molar-refractivity contribution in [2.24, 2.45) is 5.41 Å². The molecule has 0 unspecified atom stereocenters. The van der Waals surface area contributed by atoms with Crippen molar-refractivity contribution < 1.29 is 9.18 Å². The largest absolute Gasteiger partial charge is 0.334 e. The van der Waals surface area contributed by atoms with Crippen LogP contribution in [0, 0.1) is 11.2 Å². The fourth-order valence-electron chi connectivity index (χ4n) is 2.55. The van der Waals surface area contributed by atoms with Crippen molar-refractivity contribution in [1.29, 1.82) is 0 Å². The molecular formula is C16H25FN2O. The molecule has 112 valence electrons. The van der Waals surface area contributed by atoms with Gasteiger partial charge in [0, 0.05) is 12.1 Å². The molecule has 0 saturated heterocycles. The predicted molar refractivity (Wildman–Crippen MR) is 79.9 cm³/mol. The second-order valence-electron chi connectivity index (χ2n) is 7.06. The van der Waals surface area contributed by atoms with Gasteiger partial charge in [0.05, 0.1) is 0 Å². The van der Waals surface area contributed by atoms with Gasteiger partial charge >= 0.3 is 6.03 Å². The Balaban J connectivity index is 2.47. The van der Waals surface area contributed by atoms with Crippen LogP contribution in [0.25, 0.3) is 0 Å². The lowest BCUT2D eigenvalue weighted by molar-refractivity contribution is 0.210. The van der Waals surface area contributed by atoms with Crippen molar-refractivity contribution in [1.82, 2.24) is 10.6 Å².